The van der Waals surface area contributed by atoms with E-state index in [0.29, 0.717) is 25.2 Å². The standard InChI is InChI=1S/C20H27F3N2O3S/c1-19(2,3)28-18(27)24(4)13-14-9-11-25(12-10-14)17(26)15-5-7-16(8-6-15)29-20(21,22)23/h5-8,14H,9-13H2,1-4H3. The Morgan fingerprint density at radius 1 is 1.14 bits per heavy atom. The topological polar surface area (TPSA) is 49.9 Å². The fraction of sp³-hybridized carbons (Fsp3) is 0.600. The molecule has 5 nitrogen and oxygen atoms in total. The van der Waals surface area contributed by atoms with E-state index in [9.17, 15) is 22.8 Å². The number of alkyl halides is 3. The van der Waals surface area contributed by atoms with Crippen LogP contribution in [-0.4, -0.2) is 59.6 Å². The van der Waals surface area contributed by atoms with Gasteiger partial charge in [0, 0.05) is 37.1 Å². The number of carbonyl (C=O) groups is 2. The summed E-state index contributed by atoms with van der Waals surface area (Å²) in [6, 6.07) is 5.49. The molecule has 0 unspecified atom stereocenters. The summed E-state index contributed by atoms with van der Waals surface area (Å²) in [5.41, 5.74) is -4.52. The number of rotatable bonds is 4. The Bertz CT molecular complexity index is 709. The van der Waals surface area contributed by atoms with Crippen LogP contribution in [0, 0.1) is 5.92 Å². The largest absolute Gasteiger partial charge is 0.446 e. The van der Waals surface area contributed by atoms with E-state index in [2.05, 4.69) is 0 Å². The van der Waals surface area contributed by atoms with Gasteiger partial charge >= 0.3 is 11.6 Å². The van der Waals surface area contributed by atoms with Crippen LogP contribution < -0.4 is 0 Å². The van der Waals surface area contributed by atoms with Gasteiger partial charge in [-0.2, -0.15) is 13.2 Å². The van der Waals surface area contributed by atoms with Crippen LogP contribution >= 0.6 is 11.8 Å². The minimum Gasteiger partial charge on any atom is -0.444 e. The van der Waals surface area contributed by atoms with Gasteiger partial charge in [0.25, 0.3) is 5.91 Å². The van der Waals surface area contributed by atoms with E-state index >= 15 is 0 Å². The minimum atomic E-state index is -4.35. The number of carbonyl (C=O) groups excluding carboxylic acids is 2. The zero-order valence-corrected chi connectivity index (χ0v) is 17.9. The van der Waals surface area contributed by atoms with Crippen LogP contribution in [0.5, 0.6) is 0 Å². The molecule has 29 heavy (non-hydrogen) atoms. The maximum Gasteiger partial charge on any atom is 0.446 e. The molecule has 0 saturated carbocycles. The maximum absolute atomic E-state index is 12.6. The molecule has 0 N–H and O–H groups in total. The second-order valence-electron chi connectivity index (χ2n) is 8.17. The maximum atomic E-state index is 12.6. The number of piperidine rings is 1. The number of ether oxygens (including phenoxy) is 1. The fourth-order valence-electron chi connectivity index (χ4n) is 3.10. The smallest absolute Gasteiger partial charge is 0.444 e. The molecule has 0 aliphatic carbocycles. The first-order valence-electron chi connectivity index (χ1n) is 9.43. The van der Waals surface area contributed by atoms with Gasteiger partial charge in [-0.05, 0) is 75.6 Å². The number of hydrogen-bond acceptors (Lipinski definition) is 4. The molecule has 0 aromatic heterocycles. The second kappa shape index (κ2) is 9.28. The van der Waals surface area contributed by atoms with Crippen LogP contribution in [0.15, 0.2) is 29.2 Å². The Morgan fingerprint density at radius 2 is 1.69 bits per heavy atom. The predicted molar refractivity (Wildman–Crippen MR) is 106 cm³/mol. The van der Waals surface area contributed by atoms with E-state index in [4.69, 9.17) is 4.74 Å². The van der Waals surface area contributed by atoms with Crippen molar-refractivity contribution in [2.24, 2.45) is 5.92 Å². The molecular weight excluding hydrogens is 405 g/mol. The molecule has 0 atom stereocenters. The van der Waals surface area contributed by atoms with Gasteiger partial charge in [-0.15, -0.1) is 0 Å². The molecule has 0 bridgehead atoms. The van der Waals surface area contributed by atoms with Crippen molar-refractivity contribution >= 4 is 23.8 Å². The number of likely N-dealkylation sites (tertiary alicyclic amines) is 1. The molecule has 162 valence electrons. The molecule has 1 heterocycles. The number of hydrogen-bond donors (Lipinski definition) is 0. The van der Waals surface area contributed by atoms with Crippen molar-refractivity contribution in [1.29, 1.82) is 0 Å². The first-order chi connectivity index (χ1) is 13.3. The molecule has 1 aliphatic rings. The predicted octanol–water partition coefficient (Wildman–Crippen LogP) is 5.02. The zero-order valence-electron chi connectivity index (χ0n) is 17.1. The molecule has 0 radical (unpaired) electrons. The lowest BCUT2D eigenvalue weighted by Gasteiger charge is -2.34. The lowest BCUT2D eigenvalue weighted by Crippen LogP contribution is -2.43. The highest BCUT2D eigenvalue weighted by Gasteiger charge is 2.30. The minimum absolute atomic E-state index is 0.0536. The molecular formula is C20H27F3N2O3S. The van der Waals surface area contributed by atoms with E-state index in [-0.39, 0.29) is 34.6 Å². The second-order valence-corrected chi connectivity index (χ2v) is 9.31. The van der Waals surface area contributed by atoms with E-state index < -0.39 is 11.1 Å². The van der Waals surface area contributed by atoms with Crippen molar-refractivity contribution in [2.45, 2.75) is 49.6 Å². The first-order valence-corrected chi connectivity index (χ1v) is 10.2. The van der Waals surface area contributed by atoms with Crippen molar-refractivity contribution in [1.82, 2.24) is 9.80 Å². The third-order valence-corrected chi connectivity index (χ3v) is 5.21. The quantitative estimate of drug-likeness (QED) is 0.627. The van der Waals surface area contributed by atoms with Crippen molar-refractivity contribution in [3.05, 3.63) is 29.8 Å². The van der Waals surface area contributed by atoms with E-state index in [1.807, 2.05) is 20.8 Å². The van der Waals surface area contributed by atoms with Gasteiger partial charge in [0.2, 0.25) is 0 Å². The van der Waals surface area contributed by atoms with Crippen LogP contribution in [0.25, 0.3) is 0 Å². The number of amides is 2. The average Bonchev–Trinajstić information content (AvgIpc) is 2.59. The van der Waals surface area contributed by atoms with E-state index in [1.165, 1.54) is 24.3 Å². The first kappa shape index (κ1) is 23.4. The Labute approximate surface area is 173 Å². The molecule has 0 spiro atoms. The molecule has 1 aliphatic heterocycles. The summed E-state index contributed by atoms with van der Waals surface area (Å²) < 4.78 is 42.6. The summed E-state index contributed by atoms with van der Waals surface area (Å²) in [5, 5.41) is 0. The normalized spacial score (nSPS) is 15.9. The monoisotopic (exact) mass is 432 g/mol. The molecule has 1 aromatic carbocycles. The summed E-state index contributed by atoms with van der Waals surface area (Å²) in [5.74, 6) is 0.0784. The highest BCUT2D eigenvalue weighted by molar-refractivity contribution is 8.00. The van der Waals surface area contributed by atoms with Crippen LogP contribution in [0.2, 0.25) is 0 Å². The number of halogens is 3. The number of nitrogens with zero attached hydrogens (tertiary/aromatic N) is 2. The summed E-state index contributed by atoms with van der Waals surface area (Å²) in [6.45, 7) is 7.10. The van der Waals surface area contributed by atoms with Gasteiger partial charge in [0.1, 0.15) is 5.60 Å². The van der Waals surface area contributed by atoms with Gasteiger partial charge in [0.15, 0.2) is 0 Å². The lowest BCUT2D eigenvalue weighted by atomic mass is 9.96. The van der Waals surface area contributed by atoms with E-state index in [1.54, 1.807) is 16.8 Å². The molecule has 2 amide bonds. The summed E-state index contributed by atoms with van der Waals surface area (Å²) in [7, 11) is 1.70. The van der Waals surface area contributed by atoms with Crippen LogP contribution in [-0.2, 0) is 4.74 Å². The molecule has 1 fully saturated rings. The highest BCUT2D eigenvalue weighted by atomic mass is 32.2. The van der Waals surface area contributed by atoms with Crippen molar-refractivity contribution in [3.63, 3.8) is 0 Å². The third kappa shape index (κ3) is 7.79. The lowest BCUT2D eigenvalue weighted by molar-refractivity contribution is -0.0328. The summed E-state index contributed by atoms with van der Waals surface area (Å²) in [6.07, 6.45) is 1.13. The molecule has 1 aromatic rings. The van der Waals surface area contributed by atoms with Crippen molar-refractivity contribution < 1.29 is 27.5 Å². The van der Waals surface area contributed by atoms with Crippen molar-refractivity contribution in [3.8, 4) is 0 Å². The summed E-state index contributed by atoms with van der Waals surface area (Å²) in [4.78, 5) is 28.0. The SMILES string of the molecule is CN(CC1CCN(C(=O)c2ccc(SC(F)(F)F)cc2)CC1)C(=O)OC(C)(C)C. The fourth-order valence-corrected chi connectivity index (χ4v) is 3.64. The zero-order chi connectivity index (χ0) is 21.8. The number of benzene rings is 1. The summed E-state index contributed by atoms with van der Waals surface area (Å²) >= 11 is -0.199. The van der Waals surface area contributed by atoms with E-state index in [0.717, 1.165) is 12.8 Å². The Balaban J connectivity index is 1.84. The van der Waals surface area contributed by atoms with Crippen LogP contribution in [0.4, 0.5) is 18.0 Å². The van der Waals surface area contributed by atoms with Gasteiger partial charge in [0.05, 0.1) is 0 Å². The third-order valence-electron chi connectivity index (χ3n) is 4.47. The van der Waals surface area contributed by atoms with Gasteiger partial charge < -0.3 is 14.5 Å². The van der Waals surface area contributed by atoms with Crippen LogP contribution in [0.3, 0.4) is 0 Å². The van der Waals surface area contributed by atoms with Crippen molar-refractivity contribution in [2.75, 3.05) is 26.7 Å². The molecule has 2 rings (SSSR count). The Hall–Kier alpha value is -1.90. The van der Waals surface area contributed by atoms with Gasteiger partial charge in [-0.25, -0.2) is 4.79 Å². The van der Waals surface area contributed by atoms with Gasteiger partial charge in [-0.1, -0.05) is 0 Å². The van der Waals surface area contributed by atoms with Gasteiger partial charge in [-0.3, -0.25) is 4.79 Å². The Morgan fingerprint density at radius 3 is 2.17 bits per heavy atom. The highest BCUT2D eigenvalue weighted by Crippen LogP contribution is 2.36. The van der Waals surface area contributed by atoms with Crippen LogP contribution in [0.1, 0.15) is 44.0 Å². The number of thioether (sulfide) groups is 1. The Kier molecular flexibility index (Phi) is 7.48. The molecule has 9 heteroatoms. The average molecular weight is 433 g/mol. The molecule has 1 saturated heterocycles.